The third-order valence-electron chi connectivity index (χ3n) is 2.56. The molecule has 3 rings (SSSR count). The highest BCUT2D eigenvalue weighted by molar-refractivity contribution is 5.27. The number of fused-ring (bicyclic) bond motifs is 1. The average Bonchev–Trinajstić information content (AvgIpc) is 2.72. The van der Waals surface area contributed by atoms with Crippen LogP contribution in [0.1, 0.15) is 12.0 Å². The molecule has 0 aliphatic carbocycles. The van der Waals surface area contributed by atoms with Crippen LogP contribution in [-0.2, 0) is 15.3 Å². The molecule has 0 aromatic heterocycles. The first-order chi connectivity index (χ1) is 5.92. The van der Waals surface area contributed by atoms with E-state index in [0.717, 1.165) is 18.6 Å². The molecule has 2 heterocycles. The van der Waals surface area contributed by atoms with Gasteiger partial charge >= 0.3 is 0 Å². The molecule has 0 amide bonds. The van der Waals surface area contributed by atoms with Gasteiger partial charge in [0.15, 0.2) is 0 Å². The molecule has 2 heteroatoms. The largest absolute Gasteiger partial charge is 0.344 e. The van der Waals surface area contributed by atoms with Gasteiger partial charge in [0, 0.05) is 12.0 Å². The normalized spacial score (nSPS) is 37.8. The quantitative estimate of drug-likeness (QED) is 0.586. The Bertz CT molecular complexity index is 296. The monoisotopic (exact) mass is 162 g/mol. The summed E-state index contributed by atoms with van der Waals surface area (Å²) in [6.45, 7) is 0.833. The van der Waals surface area contributed by atoms with E-state index in [2.05, 4.69) is 12.1 Å². The first-order valence-corrected chi connectivity index (χ1v) is 4.29. The minimum atomic E-state index is -0.346. The van der Waals surface area contributed by atoms with E-state index in [4.69, 9.17) is 9.47 Å². The summed E-state index contributed by atoms with van der Waals surface area (Å²) in [4.78, 5) is 0. The minimum absolute atomic E-state index is 0.319. The van der Waals surface area contributed by atoms with Crippen LogP contribution in [0.25, 0.3) is 0 Å². The Kier molecular flexibility index (Phi) is 1.15. The lowest BCUT2D eigenvalue weighted by Crippen LogP contribution is -2.10. The highest BCUT2D eigenvalue weighted by atomic mass is 16.8. The molecular formula is C10H10O2. The van der Waals surface area contributed by atoms with Gasteiger partial charge in [-0.3, -0.25) is 0 Å². The summed E-state index contributed by atoms with van der Waals surface area (Å²) in [6.07, 6.45) is 1.36. The Balaban J connectivity index is 2.00. The molecule has 12 heavy (non-hydrogen) atoms. The zero-order chi connectivity index (χ0) is 8.02. The van der Waals surface area contributed by atoms with E-state index in [-0.39, 0.29) is 5.79 Å². The molecule has 2 saturated heterocycles. The van der Waals surface area contributed by atoms with Crippen LogP contribution in [0.15, 0.2) is 30.3 Å². The molecule has 1 aromatic carbocycles. The van der Waals surface area contributed by atoms with Crippen LogP contribution >= 0.6 is 0 Å². The second-order valence-corrected chi connectivity index (χ2v) is 3.28. The molecule has 0 radical (unpaired) electrons. The first kappa shape index (κ1) is 6.63. The van der Waals surface area contributed by atoms with Crippen molar-refractivity contribution in [2.24, 2.45) is 0 Å². The second kappa shape index (κ2) is 2.09. The lowest BCUT2D eigenvalue weighted by molar-refractivity contribution is -0.0423. The fourth-order valence-corrected chi connectivity index (χ4v) is 1.88. The van der Waals surface area contributed by atoms with Gasteiger partial charge in [-0.25, -0.2) is 0 Å². The number of ether oxygens (including phenoxy) is 2. The summed E-state index contributed by atoms with van der Waals surface area (Å²) < 4.78 is 11.1. The maximum Gasteiger partial charge on any atom is 0.222 e. The van der Waals surface area contributed by atoms with Gasteiger partial charge in [0.1, 0.15) is 6.10 Å². The van der Waals surface area contributed by atoms with Crippen LogP contribution in [0.4, 0.5) is 0 Å². The molecule has 2 aliphatic rings. The van der Waals surface area contributed by atoms with Gasteiger partial charge < -0.3 is 9.47 Å². The first-order valence-electron chi connectivity index (χ1n) is 4.29. The number of hydrogen-bond donors (Lipinski definition) is 0. The van der Waals surface area contributed by atoms with Crippen molar-refractivity contribution in [3.63, 3.8) is 0 Å². The number of benzene rings is 1. The van der Waals surface area contributed by atoms with Crippen LogP contribution < -0.4 is 0 Å². The Hall–Kier alpha value is -0.860. The molecule has 2 unspecified atom stereocenters. The van der Waals surface area contributed by atoms with Crippen molar-refractivity contribution in [2.75, 3.05) is 6.61 Å². The van der Waals surface area contributed by atoms with Crippen molar-refractivity contribution in [1.82, 2.24) is 0 Å². The summed E-state index contributed by atoms with van der Waals surface area (Å²) in [5, 5.41) is 0. The fourth-order valence-electron chi connectivity index (χ4n) is 1.88. The van der Waals surface area contributed by atoms with Crippen molar-refractivity contribution in [2.45, 2.75) is 18.3 Å². The van der Waals surface area contributed by atoms with Crippen LogP contribution in [0, 0.1) is 0 Å². The Morgan fingerprint density at radius 3 is 2.67 bits per heavy atom. The molecule has 0 spiro atoms. The van der Waals surface area contributed by atoms with E-state index in [9.17, 15) is 0 Å². The second-order valence-electron chi connectivity index (χ2n) is 3.28. The summed E-state index contributed by atoms with van der Waals surface area (Å²) in [6, 6.07) is 10.2. The van der Waals surface area contributed by atoms with Gasteiger partial charge in [0.25, 0.3) is 0 Å². The van der Waals surface area contributed by atoms with E-state index in [1.165, 1.54) is 0 Å². The van der Waals surface area contributed by atoms with E-state index in [0.29, 0.717) is 6.10 Å². The Morgan fingerprint density at radius 2 is 2.08 bits per heavy atom. The average molecular weight is 162 g/mol. The summed E-state index contributed by atoms with van der Waals surface area (Å²) in [5.74, 6) is -0.346. The van der Waals surface area contributed by atoms with Gasteiger partial charge in [0.2, 0.25) is 5.79 Å². The summed E-state index contributed by atoms with van der Waals surface area (Å²) in [5.41, 5.74) is 1.16. The molecule has 2 aliphatic heterocycles. The molecule has 62 valence electrons. The fraction of sp³-hybridized carbons (Fsp3) is 0.400. The highest BCUT2D eigenvalue weighted by Gasteiger charge is 2.62. The van der Waals surface area contributed by atoms with Gasteiger partial charge in [-0.05, 0) is 0 Å². The lowest BCUT2D eigenvalue weighted by atomic mass is 10.1. The maximum absolute atomic E-state index is 5.58. The summed E-state index contributed by atoms with van der Waals surface area (Å²) >= 11 is 0. The summed E-state index contributed by atoms with van der Waals surface area (Å²) in [7, 11) is 0. The zero-order valence-corrected chi connectivity index (χ0v) is 6.69. The Morgan fingerprint density at radius 1 is 1.25 bits per heavy atom. The minimum Gasteiger partial charge on any atom is -0.344 e. The molecule has 2 fully saturated rings. The van der Waals surface area contributed by atoms with Crippen molar-refractivity contribution in [1.29, 1.82) is 0 Å². The van der Waals surface area contributed by atoms with Crippen LogP contribution in [0.5, 0.6) is 0 Å². The van der Waals surface area contributed by atoms with Crippen LogP contribution in [0.3, 0.4) is 0 Å². The Labute approximate surface area is 71.1 Å². The van der Waals surface area contributed by atoms with Crippen molar-refractivity contribution in [3.8, 4) is 0 Å². The molecule has 2 atom stereocenters. The third-order valence-corrected chi connectivity index (χ3v) is 2.56. The van der Waals surface area contributed by atoms with E-state index in [1.807, 2.05) is 18.2 Å². The standard InChI is InChI=1S/C10H10O2/c1-2-4-8(5-3-1)10-9(12-10)6-7-11-10/h1-5,9H,6-7H2. The molecule has 0 bridgehead atoms. The van der Waals surface area contributed by atoms with Crippen molar-refractivity contribution >= 4 is 0 Å². The number of epoxide rings is 1. The molecular weight excluding hydrogens is 152 g/mol. The van der Waals surface area contributed by atoms with Crippen molar-refractivity contribution < 1.29 is 9.47 Å². The predicted molar refractivity (Wildman–Crippen MR) is 43.6 cm³/mol. The van der Waals surface area contributed by atoms with Gasteiger partial charge in [-0.1, -0.05) is 30.3 Å². The van der Waals surface area contributed by atoms with E-state index in [1.54, 1.807) is 0 Å². The smallest absolute Gasteiger partial charge is 0.222 e. The molecule has 0 N–H and O–H groups in total. The number of rotatable bonds is 1. The molecule has 1 aromatic rings. The lowest BCUT2D eigenvalue weighted by Gasteiger charge is -2.08. The van der Waals surface area contributed by atoms with E-state index >= 15 is 0 Å². The third kappa shape index (κ3) is 0.713. The molecule has 2 nitrogen and oxygen atoms in total. The SMILES string of the molecule is c1ccc(C23OCCC2O3)cc1. The maximum atomic E-state index is 5.58. The number of hydrogen-bond acceptors (Lipinski definition) is 2. The van der Waals surface area contributed by atoms with Gasteiger partial charge in [-0.15, -0.1) is 0 Å². The van der Waals surface area contributed by atoms with Crippen molar-refractivity contribution in [3.05, 3.63) is 35.9 Å². The zero-order valence-electron chi connectivity index (χ0n) is 6.69. The van der Waals surface area contributed by atoms with Crippen LogP contribution in [-0.4, -0.2) is 12.7 Å². The predicted octanol–water partition coefficient (Wildman–Crippen LogP) is 1.66. The van der Waals surface area contributed by atoms with Gasteiger partial charge in [-0.2, -0.15) is 0 Å². The highest BCUT2D eigenvalue weighted by Crippen LogP contribution is 2.53. The topological polar surface area (TPSA) is 21.8 Å². The van der Waals surface area contributed by atoms with Crippen LogP contribution in [0.2, 0.25) is 0 Å². The van der Waals surface area contributed by atoms with Gasteiger partial charge in [0.05, 0.1) is 6.61 Å². The molecule has 0 saturated carbocycles. The van der Waals surface area contributed by atoms with E-state index < -0.39 is 0 Å².